The molecule has 1 unspecified atom stereocenters. The highest BCUT2D eigenvalue weighted by Crippen LogP contribution is 2.44. The highest BCUT2D eigenvalue weighted by molar-refractivity contribution is 7.98. The summed E-state index contributed by atoms with van der Waals surface area (Å²) in [6.45, 7) is 7.00. The Kier molecular flexibility index (Phi) is 4.24. The molecular weight excluding hydrogens is 352 g/mol. The first-order valence-electron chi connectivity index (χ1n) is 8.50. The molecule has 5 nitrogen and oxygen atoms in total. The van der Waals surface area contributed by atoms with Gasteiger partial charge in [0.25, 0.3) is 0 Å². The lowest BCUT2D eigenvalue weighted by molar-refractivity contribution is 0.218. The van der Waals surface area contributed by atoms with Crippen LogP contribution in [0.25, 0.3) is 10.2 Å². The number of thioether (sulfide) groups is 1. The third-order valence-corrected chi connectivity index (χ3v) is 6.93. The highest BCUT2D eigenvalue weighted by atomic mass is 32.2. The van der Waals surface area contributed by atoms with Crippen LogP contribution in [0.5, 0.6) is 0 Å². The molecule has 3 aromatic rings. The van der Waals surface area contributed by atoms with Gasteiger partial charge in [0.15, 0.2) is 5.16 Å². The van der Waals surface area contributed by atoms with E-state index in [1.807, 2.05) is 0 Å². The molecule has 0 spiro atoms. The second-order valence-electron chi connectivity index (χ2n) is 7.60. The zero-order chi connectivity index (χ0) is 17.6. The van der Waals surface area contributed by atoms with E-state index in [0.717, 1.165) is 23.1 Å². The van der Waals surface area contributed by atoms with Gasteiger partial charge in [0.1, 0.15) is 16.9 Å². The van der Waals surface area contributed by atoms with Crippen molar-refractivity contribution in [3.8, 4) is 0 Å². The summed E-state index contributed by atoms with van der Waals surface area (Å²) in [6.07, 6.45) is 6.63. The average molecular weight is 375 g/mol. The van der Waals surface area contributed by atoms with Gasteiger partial charge in [-0.2, -0.15) is 0 Å². The fourth-order valence-corrected chi connectivity index (χ4v) is 5.52. The van der Waals surface area contributed by atoms with Crippen molar-refractivity contribution in [2.45, 2.75) is 50.9 Å². The summed E-state index contributed by atoms with van der Waals surface area (Å²) in [4.78, 5) is 15.9. The molecule has 2 N–H and O–H groups in total. The fraction of sp³-hybridized carbons (Fsp3) is 0.500. The Morgan fingerprint density at radius 3 is 2.92 bits per heavy atom. The van der Waals surface area contributed by atoms with E-state index < -0.39 is 0 Å². The number of anilines is 1. The number of aryl methyl sites for hydroxylation is 1. The van der Waals surface area contributed by atoms with Crippen molar-refractivity contribution in [2.75, 3.05) is 5.73 Å². The number of nitrogens with two attached hydrogens (primary N) is 1. The second-order valence-corrected chi connectivity index (χ2v) is 9.62. The molecule has 0 radical (unpaired) electrons. The van der Waals surface area contributed by atoms with E-state index in [1.54, 1.807) is 23.8 Å². The van der Waals surface area contributed by atoms with Crippen LogP contribution in [0.4, 0.5) is 5.82 Å². The number of fused-ring (bicyclic) bond motifs is 3. The smallest absolute Gasteiger partial charge is 0.204 e. The van der Waals surface area contributed by atoms with Crippen molar-refractivity contribution in [2.24, 2.45) is 11.3 Å². The van der Waals surface area contributed by atoms with E-state index in [-0.39, 0.29) is 0 Å². The normalized spacial score (nSPS) is 17.8. The monoisotopic (exact) mass is 374 g/mol. The zero-order valence-corrected chi connectivity index (χ0v) is 16.3. The molecule has 3 heterocycles. The minimum atomic E-state index is 0.335. The Labute approximate surface area is 155 Å². The Hall–Kier alpha value is -1.60. The third-order valence-electron chi connectivity index (χ3n) is 4.95. The number of aromatic nitrogens is 3. The van der Waals surface area contributed by atoms with E-state index in [4.69, 9.17) is 15.1 Å². The van der Waals surface area contributed by atoms with Gasteiger partial charge in [-0.15, -0.1) is 11.3 Å². The molecular formula is C18H22N4OS2. The van der Waals surface area contributed by atoms with Crippen molar-refractivity contribution in [1.82, 2.24) is 15.0 Å². The summed E-state index contributed by atoms with van der Waals surface area (Å²) in [6, 6.07) is 0. The number of hydrogen-bond acceptors (Lipinski definition) is 7. The van der Waals surface area contributed by atoms with E-state index in [0.29, 0.717) is 34.0 Å². The number of nitrogen functional groups attached to an aromatic ring is 1. The number of rotatable bonds is 3. The number of oxazole rings is 1. The molecule has 7 heteroatoms. The quantitative estimate of drug-likeness (QED) is 0.529. The van der Waals surface area contributed by atoms with Crippen molar-refractivity contribution in [3.05, 3.63) is 28.8 Å². The molecule has 0 bridgehead atoms. The van der Waals surface area contributed by atoms with Gasteiger partial charge >= 0.3 is 0 Å². The molecule has 4 rings (SSSR count). The Morgan fingerprint density at radius 2 is 2.20 bits per heavy atom. The molecule has 1 atom stereocenters. The number of hydrogen-bond donors (Lipinski definition) is 1. The van der Waals surface area contributed by atoms with E-state index in [9.17, 15) is 0 Å². The minimum absolute atomic E-state index is 0.335. The van der Waals surface area contributed by atoms with Gasteiger partial charge in [-0.3, -0.25) is 0 Å². The fourth-order valence-electron chi connectivity index (χ4n) is 3.44. The van der Waals surface area contributed by atoms with Crippen LogP contribution in [0.15, 0.2) is 22.0 Å². The molecule has 1 aliphatic rings. The maximum Gasteiger partial charge on any atom is 0.204 e. The van der Waals surface area contributed by atoms with Crippen LogP contribution in [0.1, 0.15) is 43.5 Å². The van der Waals surface area contributed by atoms with Crippen LogP contribution in [0, 0.1) is 11.3 Å². The SMILES string of the molecule is CC(C)(C)C1CCc2c(sc3nc(SCc4ncco4)nc(N)c23)C1. The van der Waals surface area contributed by atoms with Crippen LogP contribution in [-0.2, 0) is 18.6 Å². The maximum atomic E-state index is 6.30. The van der Waals surface area contributed by atoms with Gasteiger partial charge in [-0.05, 0) is 36.2 Å². The second kappa shape index (κ2) is 6.29. The molecule has 0 saturated heterocycles. The van der Waals surface area contributed by atoms with E-state index in [1.165, 1.54) is 28.6 Å². The summed E-state index contributed by atoms with van der Waals surface area (Å²) < 4.78 is 5.27. The Morgan fingerprint density at radius 1 is 1.36 bits per heavy atom. The molecule has 0 saturated carbocycles. The first kappa shape index (κ1) is 16.8. The molecule has 3 aromatic heterocycles. The van der Waals surface area contributed by atoms with Gasteiger partial charge in [-0.25, -0.2) is 15.0 Å². The topological polar surface area (TPSA) is 77.8 Å². The summed E-state index contributed by atoms with van der Waals surface area (Å²) in [7, 11) is 0. The summed E-state index contributed by atoms with van der Waals surface area (Å²) in [5.74, 6) is 2.59. The van der Waals surface area contributed by atoms with Crippen molar-refractivity contribution < 1.29 is 4.42 Å². The standard InChI is InChI=1S/C18H22N4OS2/c1-18(2,3)10-4-5-11-12(8-10)25-16-14(11)15(19)21-17(22-16)24-9-13-20-6-7-23-13/h6-7,10H,4-5,8-9H2,1-3H3,(H2,19,21,22). The largest absolute Gasteiger partial charge is 0.448 e. The molecule has 1 aliphatic carbocycles. The van der Waals surface area contributed by atoms with Crippen LogP contribution in [-0.4, -0.2) is 15.0 Å². The van der Waals surface area contributed by atoms with Gasteiger partial charge in [0, 0.05) is 4.88 Å². The van der Waals surface area contributed by atoms with Crippen molar-refractivity contribution in [1.29, 1.82) is 0 Å². The number of nitrogens with zero attached hydrogens (tertiary/aromatic N) is 3. The molecule has 132 valence electrons. The molecule has 25 heavy (non-hydrogen) atoms. The first-order chi connectivity index (χ1) is 11.9. The highest BCUT2D eigenvalue weighted by Gasteiger charge is 2.31. The Balaban J connectivity index is 1.64. The minimum Gasteiger partial charge on any atom is -0.448 e. The molecule has 0 amide bonds. The third kappa shape index (κ3) is 3.27. The Bertz CT molecular complexity index is 896. The van der Waals surface area contributed by atoms with Crippen LogP contribution in [0.3, 0.4) is 0 Å². The van der Waals surface area contributed by atoms with Gasteiger partial charge in [0.2, 0.25) is 5.89 Å². The van der Waals surface area contributed by atoms with Gasteiger partial charge < -0.3 is 10.2 Å². The lowest BCUT2D eigenvalue weighted by Gasteiger charge is -2.33. The van der Waals surface area contributed by atoms with Gasteiger partial charge in [-0.1, -0.05) is 32.5 Å². The molecule has 0 aromatic carbocycles. The van der Waals surface area contributed by atoms with Gasteiger partial charge in [0.05, 0.1) is 17.3 Å². The summed E-state index contributed by atoms with van der Waals surface area (Å²) >= 11 is 3.29. The van der Waals surface area contributed by atoms with Crippen LogP contribution < -0.4 is 5.73 Å². The lowest BCUT2D eigenvalue weighted by atomic mass is 9.72. The van der Waals surface area contributed by atoms with E-state index in [2.05, 4.69) is 30.7 Å². The molecule has 0 aliphatic heterocycles. The zero-order valence-electron chi connectivity index (χ0n) is 14.7. The lowest BCUT2D eigenvalue weighted by Crippen LogP contribution is -2.26. The van der Waals surface area contributed by atoms with E-state index >= 15 is 0 Å². The molecule has 0 fully saturated rings. The summed E-state index contributed by atoms with van der Waals surface area (Å²) in [5, 5.41) is 1.77. The van der Waals surface area contributed by atoms with Crippen molar-refractivity contribution >= 4 is 39.1 Å². The first-order valence-corrected chi connectivity index (χ1v) is 10.3. The van der Waals surface area contributed by atoms with Crippen molar-refractivity contribution in [3.63, 3.8) is 0 Å². The predicted octanol–water partition coefficient (Wildman–Crippen LogP) is 4.70. The number of thiophene rings is 1. The van der Waals surface area contributed by atoms with Crippen LogP contribution >= 0.6 is 23.1 Å². The predicted molar refractivity (Wildman–Crippen MR) is 103 cm³/mol. The summed E-state index contributed by atoms with van der Waals surface area (Å²) in [5.41, 5.74) is 8.01. The van der Waals surface area contributed by atoms with Crippen LogP contribution in [0.2, 0.25) is 0 Å². The average Bonchev–Trinajstić information content (AvgIpc) is 3.18. The maximum absolute atomic E-state index is 6.30.